The molecule has 2 aliphatic rings. The topological polar surface area (TPSA) is 101 Å². The summed E-state index contributed by atoms with van der Waals surface area (Å²) < 4.78 is 0. The molecule has 2 rings (SSSR count). The lowest BCUT2D eigenvalue weighted by Crippen LogP contribution is -2.68. The van der Waals surface area contributed by atoms with E-state index in [1.54, 1.807) is 0 Å². The first kappa shape index (κ1) is 15.9. The molecular weight excluding hydrogens is 260 g/mol. The largest absolute Gasteiger partial charge is 0.393 e. The third kappa shape index (κ3) is 1.96. The van der Waals surface area contributed by atoms with Gasteiger partial charge in [-0.2, -0.15) is 0 Å². The Balaban J connectivity index is 2.42. The molecule has 5 heteroatoms. The van der Waals surface area contributed by atoms with Crippen molar-refractivity contribution in [1.29, 1.82) is 0 Å². The van der Waals surface area contributed by atoms with E-state index in [2.05, 4.69) is 6.58 Å². The van der Waals surface area contributed by atoms with Crippen molar-refractivity contribution in [2.75, 3.05) is 6.61 Å². The van der Waals surface area contributed by atoms with Crippen LogP contribution in [0.5, 0.6) is 0 Å². The second-order valence-corrected chi connectivity index (χ2v) is 6.83. The van der Waals surface area contributed by atoms with Crippen LogP contribution in [0, 0.1) is 17.3 Å². The van der Waals surface area contributed by atoms with Crippen molar-refractivity contribution in [2.24, 2.45) is 17.3 Å². The highest BCUT2D eigenvalue weighted by Crippen LogP contribution is 2.56. The highest BCUT2D eigenvalue weighted by Gasteiger charge is 2.63. The standard InChI is InChI=1S/C15H26O5/c1-8-4-11(17)5-10-6-12(18)15(20,9(2)7-16)13(19)14(8,10)3/h8,10-13,16-20H,2,4-7H2,1,3H3/t8-,10+,11+,12-,13-,14+,15+/m0/s1. The van der Waals surface area contributed by atoms with Crippen molar-refractivity contribution < 1.29 is 25.5 Å². The summed E-state index contributed by atoms with van der Waals surface area (Å²) in [6.45, 7) is 6.96. The normalized spacial score (nSPS) is 52.5. The molecular formula is C15H26O5. The molecule has 0 spiro atoms. The average molecular weight is 286 g/mol. The van der Waals surface area contributed by atoms with Gasteiger partial charge in [-0.3, -0.25) is 0 Å². The SMILES string of the molecule is C=C(CO)[C@]1(O)[C@@H](O)[C@@]2(C)[C@H](C[C@H](O)C[C@@H]2C)C[C@@H]1O. The monoisotopic (exact) mass is 286 g/mol. The van der Waals surface area contributed by atoms with E-state index in [0.29, 0.717) is 12.8 Å². The van der Waals surface area contributed by atoms with Gasteiger partial charge in [-0.1, -0.05) is 20.4 Å². The Labute approximate surface area is 119 Å². The van der Waals surface area contributed by atoms with E-state index in [9.17, 15) is 25.5 Å². The molecule has 0 aromatic carbocycles. The van der Waals surface area contributed by atoms with E-state index in [1.807, 2.05) is 13.8 Å². The summed E-state index contributed by atoms with van der Waals surface area (Å²) in [6.07, 6.45) is -1.49. The Hall–Kier alpha value is -0.460. The Morgan fingerprint density at radius 2 is 1.80 bits per heavy atom. The van der Waals surface area contributed by atoms with Crippen LogP contribution < -0.4 is 0 Å². The number of rotatable bonds is 2. The molecule has 2 fully saturated rings. The molecule has 0 amide bonds. The molecule has 5 nitrogen and oxygen atoms in total. The zero-order valence-corrected chi connectivity index (χ0v) is 12.2. The van der Waals surface area contributed by atoms with Crippen molar-refractivity contribution in [1.82, 2.24) is 0 Å². The maximum atomic E-state index is 10.7. The Kier molecular flexibility index (Phi) is 4.04. The number of aliphatic hydroxyl groups is 5. The average Bonchev–Trinajstić information content (AvgIpc) is 2.39. The minimum atomic E-state index is -1.89. The van der Waals surface area contributed by atoms with Gasteiger partial charge in [0.25, 0.3) is 0 Å². The van der Waals surface area contributed by atoms with Gasteiger partial charge in [-0.25, -0.2) is 0 Å². The van der Waals surface area contributed by atoms with E-state index in [4.69, 9.17) is 0 Å². The number of hydrogen-bond donors (Lipinski definition) is 5. The van der Waals surface area contributed by atoms with E-state index in [0.717, 1.165) is 0 Å². The van der Waals surface area contributed by atoms with E-state index in [1.165, 1.54) is 0 Å². The van der Waals surface area contributed by atoms with Crippen LogP contribution in [0.4, 0.5) is 0 Å². The van der Waals surface area contributed by atoms with Crippen LogP contribution in [0.1, 0.15) is 33.1 Å². The fourth-order valence-corrected chi connectivity index (χ4v) is 4.25. The molecule has 0 aromatic heterocycles. The first-order valence-corrected chi connectivity index (χ1v) is 7.24. The molecule has 0 aromatic rings. The van der Waals surface area contributed by atoms with Crippen LogP contribution in [-0.4, -0.2) is 56.1 Å². The van der Waals surface area contributed by atoms with Crippen LogP contribution in [-0.2, 0) is 0 Å². The van der Waals surface area contributed by atoms with Gasteiger partial charge in [-0.05, 0) is 36.7 Å². The van der Waals surface area contributed by atoms with Crippen LogP contribution in [0.3, 0.4) is 0 Å². The number of hydrogen-bond acceptors (Lipinski definition) is 5. The first-order valence-electron chi connectivity index (χ1n) is 7.24. The van der Waals surface area contributed by atoms with Crippen LogP contribution in [0.2, 0.25) is 0 Å². The van der Waals surface area contributed by atoms with Crippen molar-refractivity contribution >= 4 is 0 Å². The minimum absolute atomic E-state index is 0.00299. The Bertz CT molecular complexity index is 398. The van der Waals surface area contributed by atoms with Crippen molar-refractivity contribution in [2.45, 2.75) is 57.0 Å². The Morgan fingerprint density at radius 3 is 2.35 bits per heavy atom. The highest BCUT2D eigenvalue weighted by molar-refractivity contribution is 5.25. The van der Waals surface area contributed by atoms with Gasteiger partial charge >= 0.3 is 0 Å². The summed E-state index contributed by atoms with van der Waals surface area (Å²) in [6, 6.07) is 0. The third-order valence-corrected chi connectivity index (χ3v) is 5.90. The molecule has 0 radical (unpaired) electrons. The molecule has 7 atom stereocenters. The maximum Gasteiger partial charge on any atom is 0.140 e. The summed E-state index contributed by atoms with van der Waals surface area (Å²) in [4.78, 5) is 0. The summed E-state index contributed by atoms with van der Waals surface area (Å²) in [5.41, 5.74) is -2.47. The first-order chi connectivity index (χ1) is 9.18. The highest BCUT2D eigenvalue weighted by atomic mass is 16.4. The van der Waals surface area contributed by atoms with Crippen molar-refractivity contribution in [3.8, 4) is 0 Å². The molecule has 0 bridgehead atoms. The van der Waals surface area contributed by atoms with E-state index in [-0.39, 0.29) is 23.8 Å². The maximum absolute atomic E-state index is 10.7. The minimum Gasteiger partial charge on any atom is -0.393 e. The second-order valence-electron chi connectivity index (χ2n) is 6.83. The summed E-state index contributed by atoms with van der Waals surface area (Å²) in [5.74, 6) is -0.0743. The molecule has 20 heavy (non-hydrogen) atoms. The summed E-state index contributed by atoms with van der Waals surface area (Å²) >= 11 is 0. The van der Waals surface area contributed by atoms with Crippen LogP contribution in [0.25, 0.3) is 0 Å². The molecule has 5 N–H and O–H groups in total. The molecule has 0 saturated heterocycles. The smallest absolute Gasteiger partial charge is 0.140 e. The molecule has 2 aliphatic carbocycles. The number of aliphatic hydroxyl groups excluding tert-OH is 4. The fourth-order valence-electron chi connectivity index (χ4n) is 4.25. The van der Waals surface area contributed by atoms with Gasteiger partial charge in [0.05, 0.1) is 24.9 Å². The lowest BCUT2D eigenvalue weighted by molar-refractivity contribution is -0.241. The second kappa shape index (κ2) is 5.07. The summed E-state index contributed by atoms with van der Waals surface area (Å²) in [7, 11) is 0. The molecule has 0 heterocycles. The fraction of sp³-hybridized carbons (Fsp3) is 0.867. The number of fused-ring (bicyclic) bond motifs is 1. The van der Waals surface area contributed by atoms with Gasteiger partial charge in [0.1, 0.15) is 5.60 Å². The third-order valence-electron chi connectivity index (χ3n) is 5.90. The zero-order valence-electron chi connectivity index (χ0n) is 12.2. The van der Waals surface area contributed by atoms with Crippen molar-refractivity contribution in [3.05, 3.63) is 12.2 Å². The molecule has 116 valence electrons. The molecule has 0 unspecified atom stereocenters. The van der Waals surface area contributed by atoms with Gasteiger partial charge in [-0.15, -0.1) is 0 Å². The molecule has 0 aliphatic heterocycles. The van der Waals surface area contributed by atoms with Gasteiger partial charge < -0.3 is 25.5 Å². The lowest BCUT2D eigenvalue weighted by atomic mass is 9.49. The summed E-state index contributed by atoms with van der Waals surface area (Å²) in [5, 5.41) is 50.9. The van der Waals surface area contributed by atoms with Gasteiger partial charge in [0.2, 0.25) is 0 Å². The Morgan fingerprint density at radius 1 is 1.20 bits per heavy atom. The molecule has 2 saturated carbocycles. The van der Waals surface area contributed by atoms with Crippen LogP contribution in [0.15, 0.2) is 12.2 Å². The zero-order chi connectivity index (χ0) is 15.3. The van der Waals surface area contributed by atoms with Gasteiger partial charge in [0, 0.05) is 5.41 Å². The lowest BCUT2D eigenvalue weighted by Gasteiger charge is -2.60. The predicted octanol–water partition coefficient (Wildman–Crippen LogP) is -0.195. The van der Waals surface area contributed by atoms with Gasteiger partial charge in [0.15, 0.2) is 0 Å². The predicted molar refractivity (Wildman–Crippen MR) is 73.8 cm³/mol. The van der Waals surface area contributed by atoms with Crippen LogP contribution >= 0.6 is 0 Å². The van der Waals surface area contributed by atoms with Crippen molar-refractivity contribution in [3.63, 3.8) is 0 Å². The van der Waals surface area contributed by atoms with E-state index >= 15 is 0 Å². The quantitative estimate of drug-likeness (QED) is 0.453. The van der Waals surface area contributed by atoms with E-state index < -0.39 is 35.9 Å².